The Balaban J connectivity index is 1.86. The maximum atomic E-state index is 12.3. The van der Waals surface area contributed by atoms with Gasteiger partial charge in [0.15, 0.2) is 6.10 Å². The van der Waals surface area contributed by atoms with Crippen LogP contribution in [0.4, 0.5) is 0 Å². The molecule has 0 aromatic heterocycles. The van der Waals surface area contributed by atoms with Crippen LogP contribution in [0.25, 0.3) is 0 Å². The zero-order chi connectivity index (χ0) is 22.3. The highest BCUT2D eigenvalue weighted by atomic mass is 79.9. The van der Waals surface area contributed by atoms with Gasteiger partial charge in [-0.3, -0.25) is 20.4 Å². The van der Waals surface area contributed by atoms with Gasteiger partial charge in [-0.2, -0.15) is 0 Å². The van der Waals surface area contributed by atoms with Gasteiger partial charge in [0.25, 0.3) is 11.8 Å². The second kappa shape index (κ2) is 11.0. The fraction of sp³-hybridized carbons (Fsp3) is 0.391. The molecule has 162 valence electrons. The van der Waals surface area contributed by atoms with Crippen molar-refractivity contribution in [2.24, 2.45) is 5.92 Å². The summed E-state index contributed by atoms with van der Waals surface area (Å²) < 4.78 is 12.4. The van der Waals surface area contributed by atoms with E-state index in [0.717, 1.165) is 22.0 Å². The maximum Gasteiger partial charge on any atom is 0.279 e. The van der Waals surface area contributed by atoms with Crippen molar-refractivity contribution in [2.75, 3.05) is 6.61 Å². The van der Waals surface area contributed by atoms with Crippen molar-refractivity contribution in [3.63, 3.8) is 0 Å². The number of hydrogen-bond acceptors (Lipinski definition) is 4. The van der Waals surface area contributed by atoms with Crippen LogP contribution in [0.3, 0.4) is 0 Å². The summed E-state index contributed by atoms with van der Waals surface area (Å²) in [5.74, 6) is 1.07. The Bertz CT molecular complexity index is 858. The van der Waals surface area contributed by atoms with Crippen LogP contribution < -0.4 is 20.3 Å². The van der Waals surface area contributed by atoms with Gasteiger partial charge < -0.3 is 9.47 Å². The van der Waals surface area contributed by atoms with E-state index in [1.54, 1.807) is 31.2 Å². The van der Waals surface area contributed by atoms with E-state index in [-0.39, 0.29) is 0 Å². The van der Waals surface area contributed by atoms with Gasteiger partial charge >= 0.3 is 0 Å². The van der Waals surface area contributed by atoms with Crippen molar-refractivity contribution >= 4 is 27.7 Å². The molecule has 0 aliphatic rings. The Hall–Kier alpha value is -2.54. The number of hydrazine groups is 1. The number of benzene rings is 2. The van der Waals surface area contributed by atoms with Crippen molar-refractivity contribution in [1.82, 2.24) is 10.9 Å². The average Bonchev–Trinajstić information content (AvgIpc) is 2.68. The first-order chi connectivity index (χ1) is 14.2. The van der Waals surface area contributed by atoms with Crippen LogP contribution in [-0.4, -0.2) is 24.5 Å². The molecule has 0 heterocycles. The van der Waals surface area contributed by atoms with E-state index in [0.29, 0.717) is 29.6 Å². The molecular weight excluding hydrogens is 448 g/mol. The third-order valence-electron chi connectivity index (χ3n) is 4.47. The molecule has 0 saturated carbocycles. The lowest BCUT2D eigenvalue weighted by molar-refractivity contribution is -0.128. The second-order valence-electron chi connectivity index (χ2n) is 7.63. The molecule has 0 aliphatic carbocycles. The van der Waals surface area contributed by atoms with E-state index in [2.05, 4.69) is 40.6 Å². The Morgan fingerprint density at radius 3 is 2.17 bits per heavy atom. The first-order valence-corrected chi connectivity index (χ1v) is 10.7. The van der Waals surface area contributed by atoms with Crippen molar-refractivity contribution in [3.8, 4) is 11.5 Å². The summed E-state index contributed by atoms with van der Waals surface area (Å²) in [6, 6.07) is 10.6. The third-order valence-corrected chi connectivity index (χ3v) is 4.93. The fourth-order valence-corrected chi connectivity index (χ4v) is 3.41. The summed E-state index contributed by atoms with van der Waals surface area (Å²) in [6.45, 7) is 10.4. The Morgan fingerprint density at radius 1 is 1.00 bits per heavy atom. The van der Waals surface area contributed by atoms with Crippen LogP contribution in [0.5, 0.6) is 11.5 Å². The lowest BCUT2D eigenvalue weighted by atomic mass is 10.1. The summed E-state index contributed by atoms with van der Waals surface area (Å²) in [6.07, 6.45) is 0.189. The highest BCUT2D eigenvalue weighted by Crippen LogP contribution is 2.28. The van der Waals surface area contributed by atoms with Crippen molar-refractivity contribution in [1.29, 1.82) is 0 Å². The smallest absolute Gasteiger partial charge is 0.279 e. The highest BCUT2D eigenvalue weighted by molar-refractivity contribution is 9.10. The van der Waals surface area contributed by atoms with E-state index < -0.39 is 17.9 Å². The van der Waals surface area contributed by atoms with Crippen LogP contribution >= 0.6 is 15.9 Å². The van der Waals surface area contributed by atoms with Gasteiger partial charge in [0.2, 0.25) is 0 Å². The number of nitrogens with one attached hydrogen (secondary N) is 2. The van der Waals surface area contributed by atoms with Gasteiger partial charge in [-0.1, -0.05) is 29.8 Å². The number of carbonyl (C=O) groups excluding carboxylic acids is 2. The Kier molecular flexibility index (Phi) is 8.72. The van der Waals surface area contributed by atoms with Crippen LogP contribution in [0, 0.1) is 19.8 Å². The predicted octanol–water partition coefficient (Wildman–Crippen LogP) is 4.72. The third kappa shape index (κ3) is 7.06. The molecule has 2 N–H and O–H groups in total. The molecular formula is C23H29BrN2O4. The van der Waals surface area contributed by atoms with Crippen LogP contribution in [0.15, 0.2) is 40.9 Å². The molecule has 0 spiro atoms. The lowest BCUT2D eigenvalue weighted by Gasteiger charge is -2.18. The Labute approximate surface area is 186 Å². The van der Waals surface area contributed by atoms with E-state index in [1.165, 1.54) is 0 Å². The van der Waals surface area contributed by atoms with E-state index in [1.807, 2.05) is 26.0 Å². The largest absolute Gasteiger partial charge is 0.494 e. The number of ether oxygens (including phenoxy) is 2. The molecule has 6 nitrogen and oxygen atoms in total. The lowest BCUT2D eigenvalue weighted by Crippen LogP contribution is -2.47. The summed E-state index contributed by atoms with van der Waals surface area (Å²) >= 11 is 3.44. The van der Waals surface area contributed by atoms with Gasteiger partial charge in [0, 0.05) is 10.0 Å². The van der Waals surface area contributed by atoms with Crippen LogP contribution in [-0.2, 0) is 4.79 Å². The zero-order valence-corrected chi connectivity index (χ0v) is 19.6. The highest BCUT2D eigenvalue weighted by Gasteiger charge is 2.18. The standard InChI is InChI=1S/C23H29BrN2O4/c1-14(2)10-11-29-20-8-6-18(7-9-20)23(28)26-25-22(27)17(5)30-21-15(3)12-19(24)13-16(21)4/h6-9,12-14,17H,10-11H2,1-5H3,(H,25,27)(H,26,28). The first kappa shape index (κ1) is 23.7. The number of carbonyl (C=O) groups is 2. The quantitative estimate of drug-likeness (QED) is 0.540. The fourth-order valence-electron chi connectivity index (χ4n) is 2.72. The number of rotatable bonds is 8. The maximum absolute atomic E-state index is 12.3. The van der Waals surface area contributed by atoms with Gasteiger partial charge in [-0.25, -0.2) is 0 Å². The molecule has 7 heteroatoms. The van der Waals surface area contributed by atoms with Crippen LogP contribution in [0.1, 0.15) is 48.7 Å². The van der Waals surface area contributed by atoms with Crippen molar-refractivity contribution in [3.05, 3.63) is 57.6 Å². The summed E-state index contributed by atoms with van der Waals surface area (Å²) in [4.78, 5) is 24.6. The van der Waals surface area contributed by atoms with Gasteiger partial charge in [0.05, 0.1) is 6.61 Å². The normalized spacial score (nSPS) is 11.7. The van der Waals surface area contributed by atoms with Crippen LogP contribution in [0.2, 0.25) is 0 Å². The topological polar surface area (TPSA) is 76.7 Å². The number of amides is 2. The van der Waals surface area contributed by atoms with Gasteiger partial charge in [0.1, 0.15) is 11.5 Å². The van der Waals surface area contributed by atoms with E-state index in [4.69, 9.17) is 9.47 Å². The predicted molar refractivity (Wildman–Crippen MR) is 121 cm³/mol. The molecule has 1 atom stereocenters. The first-order valence-electron chi connectivity index (χ1n) is 9.93. The van der Waals surface area contributed by atoms with E-state index in [9.17, 15) is 9.59 Å². The second-order valence-corrected chi connectivity index (χ2v) is 8.54. The molecule has 30 heavy (non-hydrogen) atoms. The SMILES string of the molecule is Cc1cc(Br)cc(C)c1OC(C)C(=O)NNC(=O)c1ccc(OCCC(C)C)cc1. The monoisotopic (exact) mass is 476 g/mol. The molecule has 0 saturated heterocycles. The van der Waals surface area contributed by atoms with Crippen molar-refractivity contribution in [2.45, 2.75) is 47.1 Å². The Morgan fingerprint density at radius 2 is 1.60 bits per heavy atom. The molecule has 2 aromatic carbocycles. The van der Waals surface area contributed by atoms with Gasteiger partial charge in [-0.05, 0) is 80.6 Å². The van der Waals surface area contributed by atoms with Gasteiger partial charge in [-0.15, -0.1) is 0 Å². The molecule has 2 aromatic rings. The molecule has 0 fully saturated rings. The number of halogens is 1. The minimum Gasteiger partial charge on any atom is -0.494 e. The average molecular weight is 477 g/mol. The number of aryl methyl sites for hydroxylation is 2. The van der Waals surface area contributed by atoms with E-state index >= 15 is 0 Å². The minimum absolute atomic E-state index is 0.416. The van der Waals surface area contributed by atoms with Crippen molar-refractivity contribution < 1.29 is 19.1 Å². The summed E-state index contributed by atoms with van der Waals surface area (Å²) in [5.41, 5.74) is 7.08. The molecule has 0 bridgehead atoms. The minimum atomic E-state index is -0.777. The number of hydrogen-bond donors (Lipinski definition) is 2. The molecule has 0 radical (unpaired) electrons. The molecule has 2 amide bonds. The summed E-state index contributed by atoms with van der Waals surface area (Å²) in [7, 11) is 0. The zero-order valence-electron chi connectivity index (χ0n) is 18.0. The molecule has 1 unspecified atom stereocenters. The molecule has 2 rings (SSSR count). The molecule has 0 aliphatic heterocycles. The summed E-state index contributed by atoms with van der Waals surface area (Å²) in [5, 5.41) is 0.